The highest BCUT2D eigenvalue weighted by Gasteiger charge is 2.42. The maximum Gasteiger partial charge on any atom is 0.410 e. The van der Waals surface area contributed by atoms with Crippen molar-refractivity contribution in [2.75, 3.05) is 33.9 Å². The summed E-state index contributed by atoms with van der Waals surface area (Å²) in [5.41, 5.74) is 6.07. The van der Waals surface area contributed by atoms with Crippen molar-refractivity contribution in [2.24, 2.45) is 17.8 Å². The van der Waals surface area contributed by atoms with Crippen LogP contribution in [0.3, 0.4) is 0 Å². The van der Waals surface area contributed by atoms with E-state index < -0.39 is 17.7 Å². The Kier molecular flexibility index (Phi) is 10.8. The van der Waals surface area contributed by atoms with Gasteiger partial charge < -0.3 is 39.1 Å². The monoisotopic (exact) mass is 805 g/mol. The Hall–Kier alpha value is -5.63. The number of hydrogen-bond donors (Lipinski definition) is 3. The van der Waals surface area contributed by atoms with Crippen LogP contribution in [0.15, 0.2) is 48.7 Å². The maximum absolute atomic E-state index is 13.9. The normalized spacial score (nSPS) is 21.2. The number of hydrogen-bond acceptors (Lipinski definition) is 9. The molecule has 2 aromatic heterocycles. The third-order valence-electron chi connectivity index (χ3n) is 12.1. The van der Waals surface area contributed by atoms with Gasteiger partial charge in [0.15, 0.2) is 0 Å². The molecular weight excluding hydrogens is 751 g/mol. The van der Waals surface area contributed by atoms with Gasteiger partial charge in [-0.1, -0.05) is 45.4 Å². The van der Waals surface area contributed by atoms with E-state index in [0.717, 1.165) is 86.4 Å². The number of amides is 3. The average molecular weight is 806 g/mol. The number of fused-ring (bicyclic) bond motifs is 6. The zero-order valence-corrected chi connectivity index (χ0v) is 35.2. The molecule has 0 radical (unpaired) electrons. The molecule has 3 amide bonds. The topological polar surface area (TPSA) is 164 Å². The predicted molar refractivity (Wildman–Crippen MR) is 224 cm³/mol. The van der Waals surface area contributed by atoms with Crippen LogP contribution in [0.2, 0.25) is 0 Å². The van der Waals surface area contributed by atoms with E-state index in [9.17, 15) is 14.4 Å². The van der Waals surface area contributed by atoms with Gasteiger partial charge in [0.25, 0.3) is 0 Å². The first-order chi connectivity index (χ1) is 28.2. The zero-order valence-electron chi connectivity index (χ0n) is 35.2. The number of aromatic amines is 2. The van der Waals surface area contributed by atoms with Crippen molar-refractivity contribution in [3.05, 3.63) is 65.9 Å². The summed E-state index contributed by atoms with van der Waals surface area (Å²) in [6.07, 6.45) is 3.06. The number of nitrogens with zero attached hydrogens (tertiary/aromatic N) is 4. The van der Waals surface area contributed by atoms with E-state index in [0.29, 0.717) is 26.3 Å². The minimum atomic E-state index is -0.693. The lowest BCUT2D eigenvalue weighted by molar-refractivity contribution is -0.135. The van der Waals surface area contributed by atoms with Gasteiger partial charge in [-0.15, -0.1) is 0 Å². The summed E-state index contributed by atoms with van der Waals surface area (Å²) in [6, 6.07) is 13.5. The van der Waals surface area contributed by atoms with Crippen LogP contribution >= 0.6 is 0 Å². The summed E-state index contributed by atoms with van der Waals surface area (Å²) in [4.78, 5) is 60.0. The van der Waals surface area contributed by atoms with Crippen LogP contribution < -0.4 is 10.1 Å². The van der Waals surface area contributed by atoms with Crippen LogP contribution in [-0.2, 0) is 25.6 Å². The van der Waals surface area contributed by atoms with Crippen LogP contribution in [0.5, 0.6) is 5.75 Å². The molecule has 6 atom stereocenters. The summed E-state index contributed by atoms with van der Waals surface area (Å²) in [5, 5.41) is 4.77. The highest BCUT2D eigenvalue weighted by atomic mass is 16.6. The lowest BCUT2D eigenvalue weighted by atomic mass is 9.92. The minimum Gasteiger partial charge on any atom is -0.488 e. The number of benzene rings is 3. The fourth-order valence-corrected chi connectivity index (χ4v) is 8.94. The molecule has 2 fully saturated rings. The van der Waals surface area contributed by atoms with Gasteiger partial charge in [0.05, 0.1) is 48.7 Å². The van der Waals surface area contributed by atoms with Crippen molar-refractivity contribution in [3.63, 3.8) is 0 Å². The van der Waals surface area contributed by atoms with E-state index in [2.05, 4.69) is 58.6 Å². The van der Waals surface area contributed by atoms with E-state index in [1.165, 1.54) is 7.11 Å². The second-order valence-electron chi connectivity index (χ2n) is 17.5. The molecule has 0 spiro atoms. The Morgan fingerprint density at radius 3 is 2.53 bits per heavy atom. The van der Waals surface area contributed by atoms with Gasteiger partial charge in [-0.25, -0.2) is 19.6 Å². The number of methoxy groups -OCH3 is 2. The second kappa shape index (κ2) is 15.9. The molecule has 2 unspecified atom stereocenters. The molecule has 59 heavy (non-hydrogen) atoms. The fraction of sp³-hybridized carbons (Fsp3) is 0.489. The van der Waals surface area contributed by atoms with Gasteiger partial charge in [-0.05, 0) is 91.8 Å². The lowest BCUT2D eigenvalue weighted by Gasteiger charge is -2.30. The number of ether oxygens (including phenoxy) is 4. The summed E-state index contributed by atoms with van der Waals surface area (Å²) in [7, 11) is 2.99. The molecule has 14 heteroatoms. The van der Waals surface area contributed by atoms with Crippen molar-refractivity contribution >= 4 is 39.9 Å². The predicted octanol–water partition coefficient (Wildman–Crippen LogP) is 8.29. The number of likely N-dealkylation sites (tertiary alicyclic amines) is 2. The van der Waals surface area contributed by atoms with Gasteiger partial charge in [0.2, 0.25) is 5.91 Å². The first-order valence-electron chi connectivity index (χ1n) is 20.7. The molecule has 14 nitrogen and oxygen atoms in total. The van der Waals surface area contributed by atoms with Crippen LogP contribution in [0, 0.1) is 17.8 Å². The number of nitrogens with one attached hydrogen (secondary N) is 3. The molecule has 0 aliphatic carbocycles. The van der Waals surface area contributed by atoms with E-state index in [-0.39, 0.29) is 41.8 Å². The minimum absolute atomic E-state index is 0.0690. The Morgan fingerprint density at radius 1 is 0.983 bits per heavy atom. The maximum atomic E-state index is 13.9. The smallest absolute Gasteiger partial charge is 0.410 e. The largest absolute Gasteiger partial charge is 0.488 e. The van der Waals surface area contributed by atoms with Gasteiger partial charge in [0, 0.05) is 37.1 Å². The van der Waals surface area contributed by atoms with Crippen molar-refractivity contribution < 1.29 is 33.3 Å². The van der Waals surface area contributed by atoms with Gasteiger partial charge in [0.1, 0.15) is 35.6 Å². The molecule has 3 aromatic carbocycles. The van der Waals surface area contributed by atoms with Crippen LogP contribution in [0.1, 0.15) is 90.1 Å². The molecule has 312 valence electrons. The SMILES string of the molecule is CCC(C)[C@H](NC(=O)OC)C(=O)N1C[C@@H](C)C[C@H]1c1ncc(-c2ccc3c(c2)COc2cc4c(ccc5[nH]c([C@@H]6CC(COC)CN6C(=O)OC(C)(C)C)nc54)cc2-3)[nH]1. The number of H-pyrrole nitrogens is 2. The molecule has 0 bridgehead atoms. The van der Waals surface area contributed by atoms with E-state index in [1.807, 2.05) is 51.8 Å². The first kappa shape index (κ1) is 40.2. The summed E-state index contributed by atoms with van der Waals surface area (Å²) >= 11 is 0. The molecule has 5 heterocycles. The summed E-state index contributed by atoms with van der Waals surface area (Å²) in [6.45, 7) is 13.8. The molecule has 5 aromatic rings. The quantitative estimate of drug-likeness (QED) is 0.133. The number of carbonyl (C=O) groups is 3. The van der Waals surface area contributed by atoms with Crippen LogP contribution in [0.4, 0.5) is 9.59 Å². The third kappa shape index (κ3) is 7.82. The molecule has 3 aliphatic heterocycles. The number of carbonyl (C=O) groups excluding carboxylic acids is 3. The average Bonchev–Trinajstić information content (AvgIpc) is 4.03. The number of aromatic nitrogens is 4. The molecule has 8 rings (SSSR count). The fourth-order valence-electron chi connectivity index (χ4n) is 8.94. The Bertz CT molecular complexity index is 2400. The van der Waals surface area contributed by atoms with Gasteiger partial charge in [-0.3, -0.25) is 9.69 Å². The molecule has 3 N–H and O–H groups in total. The zero-order chi connectivity index (χ0) is 41.7. The number of rotatable bonds is 9. The summed E-state index contributed by atoms with van der Waals surface area (Å²) < 4.78 is 22.5. The highest BCUT2D eigenvalue weighted by Crippen LogP contribution is 2.44. The van der Waals surface area contributed by atoms with E-state index in [1.54, 1.807) is 12.0 Å². The first-order valence-corrected chi connectivity index (χ1v) is 20.7. The summed E-state index contributed by atoms with van der Waals surface area (Å²) in [5.74, 6) is 2.47. The van der Waals surface area contributed by atoms with Crippen LogP contribution in [0.25, 0.3) is 44.2 Å². The third-order valence-corrected chi connectivity index (χ3v) is 12.1. The van der Waals surface area contributed by atoms with Crippen molar-refractivity contribution in [1.82, 2.24) is 35.1 Å². The van der Waals surface area contributed by atoms with Gasteiger partial charge >= 0.3 is 12.2 Å². The van der Waals surface area contributed by atoms with Crippen LogP contribution in [-0.4, -0.2) is 93.4 Å². The Morgan fingerprint density at radius 2 is 1.78 bits per heavy atom. The molecule has 0 saturated carbocycles. The Labute approximate surface area is 344 Å². The standard InChI is InChI=1S/C45H55N7O7/c1-9-25(3)38(50-43(54)57-8)42(53)51-20-24(2)14-35(51)40-46-19-34(48-40)28-10-12-30-29(16-28)23-58-37-18-31-27(17-32(30)37)11-13-33-39(31)49-41(47-33)36-15-26(22-56-7)21-52(36)44(55)59-45(4,5)6/h10-13,16-19,24-26,35-36,38H,9,14-15,20-23H2,1-8H3,(H,46,48)(H,47,49)(H,50,54)/t24-,25?,26?,35-,36-,38-/m0/s1. The van der Waals surface area contributed by atoms with Crippen molar-refractivity contribution in [3.8, 4) is 28.1 Å². The lowest BCUT2D eigenvalue weighted by Crippen LogP contribution is -2.51. The highest BCUT2D eigenvalue weighted by molar-refractivity contribution is 6.07. The Balaban J connectivity index is 1.05. The van der Waals surface area contributed by atoms with Gasteiger partial charge in [-0.2, -0.15) is 0 Å². The van der Waals surface area contributed by atoms with Crippen molar-refractivity contribution in [2.45, 2.75) is 91.1 Å². The molecule has 3 aliphatic rings. The second-order valence-corrected chi connectivity index (χ2v) is 17.5. The number of imidazole rings is 2. The number of alkyl carbamates (subject to hydrolysis) is 1. The molecule has 2 saturated heterocycles. The van der Waals surface area contributed by atoms with E-state index >= 15 is 0 Å². The van der Waals surface area contributed by atoms with Crippen molar-refractivity contribution in [1.29, 1.82) is 0 Å². The molecular formula is C45H55N7O7. The van der Waals surface area contributed by atoms with E-state index in [4.69, 9.17) is 28.9 Å².